The van der Waals surface area contributed by atoms with Gasteiger partial charge in [-0.05, 0) is 38.1 Å². The van der Waals surface area contributed by atoms with Crippen molar-refractivity contribution in [3.05, 3.63) is 46.5 Å². The predicted molar refractivity (Wildman–Crippen MR) is 148 cm³/mol. The van der Waals surface area contributed by atoms with Crippen molar-refractivity contribution in [2.45, 2.75) is 13.8 Å². The van der Waals surface area contributed by atoms with E-state index in [0.29, 0.717) is 0 Å². The molecule has 3 rings (SSSR count). The molecule has 42 heavy (non-hydrogen) atoms. The van der Waals surface area contributed by atoms with Crippen LogP contribution < -0.4 is 21.3 Å². The summed E-state index contributed by atoms with van der Waals surface area (Å²) in [5.74, 6) is -4.01. The summed E-state index contributed by atoms with van der Waals surface area (Å²) in [5.41, 5.74) is -1.23. The van der Waals surface area contributed by atoms with Crippen molar-refractivity contribution in [2.24, 2.45) is 9.98 Å². The van der Waals surface area contributed by atoms with Gasteiger partial charge in [-0.25, -0.2) is 9.59 Å². The number of hydrogen-bond acceptors (Lipinski definition) is 10. The van der Waals surface area contributed by atoms with E-state index in [0.717, 1.165) is 12.1 Å². The molecule has 0 heterocycles. The lowest BCUT2D eigenvalue weighted by atomic mass is 9.81. The molecule has 0 radical (unpaired) electrons. The van der Waals surface area contributed by atoms with Crippen LogP contribution >= 0.6 is 0 Å². The van der Waals surface area contributed by atoms with Gasteiger partial charge in [0.15, 0.2) is 0 Å². The highest BCUT2D eigenvalue weighted by Crippen LogP contribution is 2.42. The van der Waals surface area contributed by atoms with Crippen LogP contribution in [0.2, 0.25) is 0 Å². The van der Waals surface area contributed by atoms with Gasteiger partial charge in [0.05, 0.1) is 22.3 Å². The number of carbonyl (C=O) groups is 6. The van der Waals surface area contributed by atoms with Gasteiger partial charge in [0.25, 0.3) is 11.8 Å². The van der Waals surface area contributed by atoms with Gasteiger partial charge in [0.1, 0.15) is 22.9 Å². The van der Waals surface area contributed by atoms with Gasteiger partial charge >= 0.3 is 12.2 Å². The van der Waals surface area contributed by atoms with E-state index in [1.807, 2.05) is 0 Å². The first-order chi connectivity index (χ1) is 19.8. The fourth-order valence-corrected chi connectivity index (χ4v) is 4.05. The highest BCUT2D eigenvalue weighted by molar-refractivity contribution is 6.39. The molecule has 8 N–H and O–H groups in total. The molecular weight excluding hydrogens is 556 g/mol. The molecule has 0 saturated carbocycles. The van der Waals surface area contributed by atoms with Gasteiger partial charge in [-0.1, -0.05) is 0 Å². The Hall–Kier alpha value is -5.80. The fraction of sp³-hybridized carbons (Fsp3) is 0.231. The molecule has 0 fully saturated rings. The van der Waals surface area contributed by atoms with Crippen molar-refractivity contribution in [2.75, 3.05) is 36.8 Å². The molecular formula is C26H26N6O10. The lowest BCUT2D eigenvalue weighted by molar-refractivity contribution is -0.115. The van der Waals surface area contributed by atoms with Crippen LogP contribution in [0, 0.1) is 0 Å². The topological polar surface area (TPSA) is 256 Å². The molecule has 1 aliphatic carbocycles. The summed E-state index contributed by atoms with van der Waals surface area (Å²) >= 11 is 0. The van der Waals surface area contributed by atoms with Crippen molar-refractivity contribution in [1.82, 2.24) is 10.6 Å². The van der Waals surface area contributed by atoms with Gasteiger partial charge in [0, 0.05) is 37.6 Å². The molecule has 0 unspecified atom stereocenters. The summed E-state index contributed by atoms with van der Waals surface area (Å²) in [6, 6.07) is 5.10. The van der Waals surface area contributed by atoms with Crippen LogP contribution in [0.4, 0.5) is 21.0 Å². The lowest BCUT2D eigenvalue weighted by Crippen LogP contribution is -2.34. The summed E-state index contributed by atoms with van der Waals surface area (Å²) in [5, 5.41) is 48.8. The van der Waals surface area contributed by atoms with Crippen LogP contribution in [0.3, 0.4) is 0 Å². The number of nitrogens with zero attached hydrogens (tertiary/aromatic N) is 2. The highest BCUT2D eigenvalue weighted by Gasteiger charge is 2.38. The smallest absolute Gasteiger partial charge is 0.431 e. The van der Waals surface area contributed by atoms with E-state index in [1.54, 1.807) is 0 Å². The van der Waals surface area contributed by atoms with Crippen LogP contribution in [0.5, 0.6) is 11.5 Å². The van der Waals surface area contributed by atoms with Crippen LogP contribution in [-0.4, -0.2) is 93.6 Å². The molecule has 2 aromatic carbocycles. The normalized spacial score (nSPS) is 12.6. The minimum absolute atomic E-state index is 0.0187. The molecule has 0 aliphatic heterocycles. The third kappa shape index (κ3) is 6.85. The molecule has 16 heteroatoms. The minimum Gasteiger partial charge on any atom is -0.507 e. The number of fused-ring (bicyclic) bond motifs is 2. The maximum atomic E-state index is 13.6. The Morgan fingerprint density at radius 1 is 0.619 bits per heavy atom. The second-order valence-electron chi connectivity index (χ2n) is 8.75. The average molecular weight is 583 g/mol. The minimum atomic E-state index is -1.52. The van der Waals surface area contributed by atoms with Gasteiger partial charge in [-0.15, -0.1) is 0 Å². The molecule has 0 bridgehead atoms. The van der Waals surface area contributed by atoms with E-state index in [2.05, 4.69) is 31.3 Å². The molecule has 0 aromatic heterocycles. The number of hydrogen-bond donors (Lipinski definition) is 8. The zero-order valence-electron chi connectivity index (χ0n) is 22.3. The summed E-state index contributed by atoms with van der Waals surface area (Å²) in [7, 11) is 0. The summed E-state index contributed by atoms with van der Waals surface area (Å²) < 4.78 is 0. The number of aromatic hydroxyl groups is 2. The van der Waals surface area contributed by atoms with Gasteiger partial charge in [-0.2, -0.15) is 9.98 Å². The quantitative estimate of drug-likeness (QED) is 0.0953. The Kier molecular flexibility index (Phi) is 9.54. The number of phenolic OH excluding ortho intramolecular Hbond substituents is 2. The van der Waals surface area contributed by atoms with E-state index < -0.39 is 47.1 Å². The molecule has 0 saturated heterocycles. The lowest BCUT2D eigenvalue weighted by Gasteiger charge is -2.25. The number of phenols is 2. The monoisotopic (exact) mass is 582 g/mol. The van der Waals surface area contributed by atoms with Crippen LogP contribution in [0.15, 0.2) is 34.3 Å². The van der Waals surface area contributed by atoms with E-state index >= 15 is 0 Å². The maximum absolute atomic E-state index is 13.6. The first kappa shape index (κ1) is 30.7. The molecule has 4 amide bonds. The van der Waals surface area contributed by atoms with Crippen molar-refractivity contribution >= 4 is 58.4 Å². The SMILES string of the molecule is CC(=NC(=O)O)C(=O)NCCNc1ccc(NCCNC(=O)C(C)=NC(=O)O)c2c1C(=O)c1c(O)ccc(O)c1C2=O. The number of amides is 4. The van der Waals surface area contributed by atoms with Gasteiger partial charge in [-0.3, -0.25) is 19.2 Å². The van der Waals surface area contributed by atoms with Gasteiger partial charge < -0.3 is 41.7 Å². The average Bonchev–Trinajstić information content (AvgIpc) is 2.92. The van der Waals surface area contributed by atoms with Crippen LogP contribution in [0.25, 0.3) is 0 Å². The second-order valence-corrected chi connectivity index (χ2v) is 8.75. The molecule has 1 aliphatic rings. The number of carboxylic acid groups (broad SMARTS) is 2. The van der Waals surface area contributed by atoms with Crippen molar-refractivity contribution < 1.29 is 49.2 Å². The third-order valence-electron chi connectivity index (χ3n) is 5.91. The summed E-state index contributed by atoms with van der Waals surface area (Å²) in [4.78, 5) is 78.6. The largest absolute Gasteiger partial charge is 0.507 e. The van der Waals surface area contributed by atoms with Gasteiger partial charge in [0.2, 0.25) is 11.6 Å². The molecule has 220 valence electrons. The van der Waals surface area contributed by atoms with Crippen LogP contribution in [-0.2, 0) is 9.59 Å². The standard InChI is InChI=1S/C26H26N6O10/c1-11(31-25(39)40)23(37)29-9-7-27-13-3-4-14(28-8-10-30-24(38)12(2)32-26(41)42)18-17(13)21(35)19-15(33)5-6-16(34)20(19)22(18)36/h3-6,27-28,33-34H,7-10H2,1-2H3,(H,29,37)(H,30,38)(H,39,40)(H,41,42). The predicted octanol–water partition coefficient (Wildman–Crippen LogP) is 1.21. The van der Waals surface area contributed by atoms with Crippen molar-refractivity contribution in [3.8, 4) is 11.5 Å². The maximum Gasteiger partial charge on any atom is 0.431 e. The van der Waals surface area contributed by atoms with Crippen LogP contribution in [0.1, 0.15) is 45.7 Å². The highest BCUT2D eigenvalue weighted by atomic mass is 16.4. The Morgan fingerprint density at radius 2 is 0.976 bits per heavy atom. The Balaban J connectivity index is 1.86. The summed E-state index contributed by atoms with van der Waals surface area (Å²) in [6.07, 6.45) is -3.05. The Morgan fingerprint density at radius 3 is 1.31 bits per heavy atom. The fourth-order valence-electron chi connectivity index (χ4n) is 4.05. The molecule has 2 aromatic rings. The van der Waals surface area contributed by atoms with Crippen molar-refractivity contribution in [1.29, 1.82) is 0 Å². The molecule has 0 atom stereocenters. The van der Waals surface area contributed by atoms with E-state index in [1.165, 1.54) is 26.0 Å². The number of benzene rings is 2. The Bertz CT molecular complexity index is 1450. The number of nitrogens with one attached hydrogen (secondary N) is 4. The number of ketones is 2. The number of rotatable bonds is 10. The zero-order valence-corrected chi connectivity index (χ0v) is 22.3. The first-order valence-electron chi connectivity index (χ1n) is 12.2. The number of anilines is 2. The summed E-state index contributed by atoms with van der Waals surface area (Å²) in [6.45, 7) is 2.48. The number of carbonyl (C=O) groups excluding carboxylic acids is 4. The third-order valence-corrected chi connectivity index (χ3v) is 5.91. The van der Waals surface area contributed by atoms with E-state index in [9.17, 15) is 39.0 Å². The Labute approximate surface area is 237 Å². The first-order valence-corrected chi connectivity index (χ1v) is 12.2. The van der Waals surface area contributed by atoms with E-state index in [4.69, 9.17) is 10.2 Å². The second kappa shape index (κ2) is 13.0. The molecule has 16 nitrogen and oxygen atoms in total. The number of aliphatic imine (C=N–C) groups is 2. The van der Waals surface area contributed by atoms with E-state index in [-0.39, 0.29) is 71.2 Å². The molecule has 0 spiro atoms. The van der Waals surface area contributed by atoms with Crippen molar-refractivity contribution in [3.63, 3.8) is 0 Å². The zero-order chi connectivity index (χ0) is 31.1.